The summed E-state index contributed by atoms with van der Waals surface area (Å²) < 4.78 is 6.22. The second-order valence-electron chi connectivity index (χ2n) is 5.39. The highest BCUT2D eigenvalue weighted by atomic mass is 16.5. The maximum absolute atomic E-state index is 12.5. The van der Waals surface area contributed by atoms with Crippen molar-refractivity contribution in [3.63, 3.8) is 0 Å². The molecule has 1 aromatic heterocycles. The number of rotatable bonds is 6. The third-order valence-electron chi connectivity index (χ3n) is 3.36. The van der Waals surface area contributed by atoms with Gasteiger partial charge in [0.2, 0.25) is 0 Å². The first-order chi connectivity index (χ1) is 11.0. The smallest absolute Gasteiger partial charge is 0.325 e. The molecule has 1 heterocycles. The van der Waals surface area contributed by atoms with E-state index in [4.69, 9.17) is 0 Å². The van der Waals surface area contributed by atoms with Gasteiger partial charge in [-0.1, -0.05) is 35.5 Å². The van der Waals surface area contributed by atoms with Gasteiger partial charge in [-0.2, -0.15) is 0 Å². The molecule has 2 rings (SSSR count). The summed E-state index contributed by atoms with van der Waals surface area (Å²) >= 11 is 0. The first-order valence-electron chi connectivity index (χ1n) is 7.33. The number of amides is 1. The summed E-state index contributed by atoms with van der Waals surface area (Å²) in [5, 5.41) is 7.89. The van der Waals surface area contributed by atoms with Crippen LogP contribution in [0.5, 0.6) is 0 Å². The topological polar surface area (TPSA) is 77.3 Å². The second kappa shape index (κ2) is 7.53. The lowest BCUT2D eigenvalue weighted by molar-refractivity contribution is -0.141. The number of methoxy groups -OCH3 is 1. The number of hydrogen-bond acceptors (Lipinski definition) is 5. The van der Waals surface area contributed by atoms with E-state index < -0.39 is 5.97 Å². The van der Waals surface area contributed by atoms with Gasteiger partial charge in [0, 0.05) is 6.04 Å². The van der Waals surface area contributed by atoms with Crippen LogP contribution in [0.25, 0.3) is 0 Å². The SMILES string of the molecule is COC(=O)CN(C(=O)c1cn(Cc2ccccc2)nn1)C(C)C. The Hall–Kier alpha value is -2.70. The Kier molecular flexibility index (Phi) is 5.46. The van der Waals surface area contributed by atoms with Crippen LogP contribution in [-0.4, -0.2) is 51.5 Å². The van der Waals surface area contributed by atoms with Crippen molar-refractivity contribution in [2.75, 3.05) is 13.7 Å². The van der Waals surface area contributed by atoms with Crippen molar-refractivity contribution in [3.05, 3.63) is 47.8 Å². The lowest BCUT2D eigenvalue weighted by atomic mass is 10.2. The quantitative estimate of drug-likeness (QED) is 0.752. The van der Waals surface area contributed by atoms with E-state index in [2.05, 4.69) is 15.0 Å². The summed E-state index contributed by atoms with van der Waals surface area (Å²) in [7, 11) is 1.29. The fourth-order valence-corrected chi connectivity index (χ4v) is 2.08. The molecule has 7 nitrogen and oxygen atoms in total. The summed E-state index contributed by atoms with van der Waals surface area (Å²) in [5.41, 5.74) is 1.27. The number of nitrogens with zero attached hydrogens (tertiary/aromatic N) is 4. The molecule has 0 unspecified atom stereocenters. The maximum atomic E-state index is 12.5. The molecule has 0 aliphatic heterocycles. The Balaban J connectivity index is 2.11. The monoisotopic (exact) mass is 316 g/mol. The second-order valence-corrected chi connectivity index (χ2v) is 5.39. The molecular weight excluding hydrogens is 296 g/mol. The number of carbonyl (C=O) groups is 2. The zero-order valence-electron chi connectivity index (χ0n) is 13.5. The van der Waals surface area contributed by atoms with Crippen molar-refractivity contribution < 1.29 is 14.3 Å². The molecule has 23 heavy (non-hydrogen) atoms. The van der Waals surface area contributed by atoms with E-state index in [1.165, 1.54) is 12.0 Å². The van der Waals surface area contributed by atoms with Gasteiger partial charge in [-0.3, -0.25) is 9.59 Å². The van der Waals surface area contributed by atoms with E-state index in [0.717, 1.165) is 5.56 Å². The van der Waals surface area contributed by atoms with Crippen LogP contribution in [0.3, 0.4) is 0 Å². The number of carbonyl (C=O) groups excluding carboxylic acids is 2. The molecule has 0 saturated carbocycles. The van der Waals surface area contributed by atoms with Gasteiger partial charge in [0.1, 0.15) is 6.54 Å². The van der Waals surface area contributed by atoms with Crippen LogP contribution in [-0.2, 0) is 16.1 Å². The maximum Gasteiger partial charge on any atom is 0.325 e. The molecule has 2 aromatic rings. The van der Waals surface area contributed by atoms with Gasteiger partial charge in [0.05, 0.1) is 19.9 Å². The molecule has 0 spiro atoms. The van der Waals surface area contributed by atoms with Crippen molar-refractivity contribution >= 4 is 11.9 Å². The molecular formula is C16H20N4O3. The Morgan fingerprint density at radius 3 is 2.57 bits per heavy atom. The lowest BCUT2D eigenvalue weighted by Crippen LogP contribution is -2.41. The lowest BCUT2D eigenvalue weighted by Gasteiger charge is -2.24. The number of esters is 1. The molecule has 1 aromatic carbocycles. The highest BCUT2D eigenvalue weighted by Crippen LogP contribution is 2.08. The van der Waals surface area contributed by atoms with Crippen LogP contribution in [0.2, 0.25) is 0 Å². The van der Waals surface area contributed by atoms with E-state index in [0.29, 0.717) is 6.54 Å². The minimum atomic E-state index is -0.469. The standard InChI is InChI=1S/C16H20N4O3/c1-12(2)20(11-15(21)23-3)16(22)14-10-19(18-17-14)9-13-7-5-4-6-8-13/h4-8,10,12H,9,11H2,1-3H3. The largest absolute Gasteiger partial charge is 0.468 e. The number of ether oxygens (including phenoxy) is 1. The summed E-state index contributed by atoms with van der Waals surface area (Å²) in [4.78, 5) is 25.4. The van der Waals surface area contributed by atoms with Crippen LogP contribution in [0, 0.1) is 0 Å². The van der Waals surface area contributed by atoms with Gasteiger partial charge in [-0.25, -0.2) is 4.68 Å². The molecule has 0 aliphatic rings. The van der Waals surface area contributed by atoms with Crippen molar-refractivity contribution in [3.8, 4) is 0 Å². The van der Waals surface area contributed by atoms with Gasteiger partial charge in [-0.05, 0) is 19.4 Å². The van der Waals surface area contributed by atoms with Gasteiger partial charge in [-0.15, -0.1) is 5.10 Å². The van der Waals surface area contributed by atoms with Gasteiger partial charge < -0.3 is 9.64 Å². The molecule has 0 radical (unpaired) electrons. The van der Waals surface area contributed by atoms with Gasteiger partial charge in [0.25, 0.3) is 5.91 Å². The molecule has 0 aliphatic carbocycles. The van der Waals surface area contributed by atoms with E-state index in [1.807, 2.05) is 44.2 Å². The minimum absolute atomic E-state index is 0.113. The summed E-state index contributed by atoms with van der Waals surface area (Å²) in [5.74, 6) is -0.812. The number of aromatic nitrogens is 3. The van der Waals surface area contributed by atoms with E-state index in [1.54, 1.807) is 10.9 Å². The fraction of sp³-hybridized carbons (Fsp3) is 0.375. The van der Waals surface area contributed by atoms with E-state index in [9.17, 15) is 9.59 Å². The molecule has 0 fully saturated rings. The molecule has 0 atom stereocenters. The Bertz CT molecular complexity index is 667. The van der Waals surface area contributed by atoms with Crippen molar-refractivity contribution in [2.45, 2.75) is 26.4 Å². The molecule has 122 valence electrons. The Morgan fingerprint density at radius 2 is 1.96 bits per heavy atom. The predicted molar refractivity (Wildman–Crippen MR) is 83.8 cm³/mol. The third kappa shape index (κ3) is 4.38. The summed E-state index contributed by atoms with van der Waals surface area (Å²) in [6.45, 7) is 4.07. The molecule has 0 bridgehead atoms. The highest BCUT2D eigenvalue weighted by Gasteiger charge is 2.24. The molecule has 1 amide bonds. The van der Waals surface area contributed by atoms with Gasteiger partial charge >= 0.3 is 5.97 Å². The fourth-order valence-electron chi connectivity index (χ4n) is 2.08. The molecule has 0 N–H and O–H groups in total. The van der Waals surface area contributed by atoms with Crippen LogP contribution in [0.4, 0.5) is 0 Å². The summed E-state index contributed by atoms with van der Waals surface area (Å²) in [6, 6.07) is 9.61. The number of hydrogen-bond donors (Lipinski definition) is 0. The van der Waals surface area contributed by atoms with Crippen LogP contribution < -0.4 is 0 Å². The van der Waals surface area contributed by atoms with Gasteiger partial charge in [0.15, 0.2) is 5.69 Å². The van der Waals surface area contributed by atoms with Crippen LogP contribution in [0.1, 0.15) is 29.9 Å². The average molecular weight is 316 g/mol. The first kappa shape index (κ1) is 16.7. The first-order valence-corrected chi connectivity index (χ1v) is 7.33. The van der Waals surface area contributed by atoms with Crippen LogP contribution in [0.15, 0.2) is 36.5 Å². The predicted octanol–water partition coefficient (Wildman–Crippen LogP) is 1.35. The Labute approximate surface area is 134 Å². The van der Waals surface area contributed by atoms with Crippen molar-refractivity contribution in [1.29, 1.82) is 0 Å². The van der Waals surface area contributed by atoms with Crippen molar-refractivity contribution in [1.82, 2.24) is 19.9 Å². The van der Waals surface area contributed by atoms with E-state index >= 15 is 0 Å². The summed E-state index contributed by atoms with van der Waals surface area (Å²) in [6.07, 6.45) is 1.59. The van der Waals surface area contributed by atoms with Crippen molar-refractivity contribution in [2.24, 2.45) is 0 Å². The Morgan fingerprint density at radius 1 is 1.26 bits per heavy atom. The minimum Gasteiger partial charge on any atom is -0.468 e. The zero-order valence-corrected chi connectivity index (χ0v) is 13.5. The third-order valence-corrected chi connectivity index (χ3v) is 3.36. The van der Waals surface area contributed by atoms with E-state index in [-0.39, 0.29) is 24.2 Å². The normalized spacial score (nSPS) is 10.6. The highest BCUT2D eigenvalue weighted by molar-refractivity contribution is 5.94. The van der Waals surface area contributed by atoms with Crippen LogP contribution >= 0.6 is 0 Å². The average Bonchev–Trinajstić information content (AvgIpc) is 3.00. The molecule has 7 heteroatoms. The molecule has 0 saturated heterocycles. The number of benzene rings is 1. The zero-order chi connectivity index (χ0) is 16.8.